The molecule has 90 valence electrons. The Balaban J connectivity index is 2.84. The molecule has 17 heavy (non-hydrogen) atoms. The summed E-state index contributed by atoms with van der Waals surface area (Å²) < 4.78 is 0. The Morgan fingerprint density at radius 3 is 2.88 bits per heavy atom. The number of nitrogens with one attached hydrogen (secondary N) is 1. The quantitative estimate of drug-likeness (QED) is 0.642. The number of anilines is 1. The first-order valence-corrected chi connectivity index (χ1v) is 6.32. The third-order valence-corrected chi connectivity index (χ3v) is 3.28. The van der Waals surface area contributed by atoms with Crippen LogP contribution < -0.4 is 5.32 Å². The van der Waals surface area contributed by atoms with Gasteiger partial charge in [0.2, 0.25) is 0 Å². The first kappa shape index (κ1) is 13.3. The van der Waals surface area contributed by atoms with Crippen molar-refractivity contribution in [3.8, 4) is 6.07 Å². The molecule has 0 bridgehead atoms. The first-order valence-electron chi connectivity index (χ1n) is 5.03. The van der Waals surface area contributed by atoms with Crippen molar-refractivity contribution in [1.29, 1.82) is 5.26 Å². The lowest BCUT2D eigenvalue weighted by atomic mass is 10.1. The summed E-state index contributed by atoms with van der Waals surface area (Å²) in [6.45, 7) is 2.83. The highest BCUT2D eigenvalue weighted by atomic mass is 32.2. The molecule has 0 aromatic heterocycles. The van der Waals surface area contributed by atoms with Gasteiger partial charge in [-0.2, -0.15) is 17.0 Å². The van der Waals surface area contributed by atoms with Gasteiger partial charge in [0, 0.05) is 23.5 Å². The highest BCUT2D eigenvalue weighted by molar-refractivity contribution is 7.99. The van der Waals surface area contributed by atoms with Gasteiger partial charge in [-0.3, -0.25) is 10.1 Å². The van der Waals surface area contributed by atoms with Crippen molar-refractivity contribution in [1.82, 2.24) is 0 Å². The molecule has 0 amide bonds. The maximum absolute atomic E-state index is 10.6. The van der Waals surface area contributed by atoms with E-state index in [1.165, 1.54) is 12.1 Å². The second-order valence-corrected chi connectivity index (χ2v) is 4.80. The molecule has 0 spiro atoms. The average Bonchev–Trinajstić information content (AvgIpc) is 2.35. The van der Waals surface area contributed by atoms with E-state index in [2.05, 4.69) is 12.2 Å². The fraction of sp³-hybridized carbons (Fsp3) is 0.364. The second-order valence-electron chi connectivity index (χ2n) is 3.53. The summed E-state index contributed by atoms with van der Waals surface area (Å²) in [4.78, 5) is 10.1. The molecule has 0 aliphatic heterocycles. The van der Waals surface area contributed by atoms with Gasteiger partial charge in [0.15, 0.2) is 0 Å². The Morgan fingerprint density at radius 2 is 2.35 bits per heavy atom. The molecule has 0 heterocycles. The van der Waals surface area contributed by atoms with Crippen LogP contribution in [0.5, 0.6) is 0 Å². The number of hydrogen-bond donors (Lipinski definition) is 1. The van der Waals surface area contributed by atoms with Crippen LogP contribution in [0.1, 0.15) is 12.5 Å². The summed E-state index contributed by atoms with van der Waals surface area (Å²) in [7, 11) is 0. The van der Waals surface area contributed by atoms with Crippen molar-refractivity contribution in [3.63, 3.8) is 0 Å². The first-order chi connectivity index (χ1) is 8.08. The van der Waals surface area contributed by atoms with Crippen molar-refractivity contribution in [2.75, 3.05) is 18.1 Å². The summed E-state index contributed by atoms with van der Waals surface area (Å²) >= 11 is 1.73. The van der Waals surface area contributed by atoms with Crippen LogP contribution in [-0.4, -0.2) is 23.0 Å². The minimum absolute atomic E-state index is 0.0804. The highest BCUT2D eigenvalue weighted by Crippen LogP contribution is 2.22. The molecule has 5 nitrogen and oxygen atoms in total. The summed E-state index contributed by atoms with van der Waals surface area (Å²) in [5.74, 6) is 0. The molecule has 0 aliphatic rings. The van der Waals surface area contributed by atoms with Gasteiger partial charge >= 0.3 is 0 Å². The summed E-state index contributed by atoms with van der Waals surface area (Å²) in [5.41, 5.74) is 0.654. The van der Waals surface area contributed by atoms with Crippen LogP contribution in [-0.2, 0) is 0 Å². The third kappa shape index (κ3) is 3.64. The van der Waals surface area contributed by atoms with Crippen LogP contribution in [0.25, 0.3) is 0 Å². The number of hydrogen-bond acceptors (Lipinski definition) is 5. The Morgan fingerprint density at radius 1 is 1.65 bits per heavy atom. The zero-order valence-corrected chi connectivity index (χ0v) is 10.5. The number of nitro groups is 1. The van der Waals surface area contributed by atoms with Gasteiger partial charge in [0.05, 0.1) is 4.92 Å². The minimum Gasteiger partial charge on any atom is -0.384 e. The number of nitrogens with zero attached hydrogens (tertiary/aromatic N) is 2. The van der Waals surface area contributed by atoms with E-state index in [0.717, 1.165) is 12.2 Å². The van der Waals surface area contributed by atoms with Crippen LogP contribution in [0.3, 0.4) is 0 Å². The smallest absolute Gasteiger partial charge is 0.287 e. The van der Waals surface area contributed by atoms with Gasteiger partial charge in [-0.05, 0) is 18.4 Å². The maximum atomic E-state index is 10.6. The Hall–Kier alpha value is -1.74. The third-order valence-electron chi connectivity index (χ3n) is 2.31. The van der Waals surface area contributed by atoms with Gasteiger partial charge in [0.1, 0.15) is 11.6 Å². The van der Waals surface area contributed by atoms with Gasteiger partial charge in [-0.15, -0.1) is 0 Å². The van der Waals surface area contributed by atoms with Gasteiger partial charge in [-0.1, -0.05) is 6.92 Å². The maximum Gasteiger partial charge on any atom is 0.287 e. The van der Waals surface area contributed by atoms with E-state index >= 15 is 0 Å². The number of nitriles is 1. The van der Waals surface area contributed by atoms with Crippen LogP contribution in [0.2, 0.25) is 0 Å². The van der Waals surface area contributed by atoms with Gasteiger partial charge in [0.25, 0.3) is 5.69 Å². The SMILES string of the molecule is CSC(C)CNc1ccc([N+](=O)[O-])c(C#N)c1. The largest absolute Gasteiger partial charge is 0.384 e. The molecule has 1 unspecified atom stereocenters. The van der Waals surface area contributed by atoms with Crippen molar-refractivity contribution in [3.05, 3.63) is 33.9 Å². The van der Waals surface area contributed by atoms with Gasteiger partial charge in [-0.25, -0.2) is 0 Å². The molecule has 1 aromatic carbocycles. The Kier molecular flexibility index (Phi) is 4.79. The molecular weight excluding hydrogens is 238 g/mol. The molecule has 0 aliphatic carbocycles. The molecule has 0 fully saturated rings. The van der Waals surface area contributed by atoms with E-state index < -0.39 is 4.92 Å². The van der Waals surface area contributed by atoms with E-state index in [1.807, 2.05) is 12.3 Å². The van der Waals surface area contributed by atoms with Crippen LogP contribution >= 0.6 is 11.8 Å². The van der Waals surface area contributed by atoms with E-state index in [1.54, 1.807) is 17.8 Å². The topological polar surface area (TPSA) is 79.0 Å². The standard InChI is InChI=1S/C11H13N3O2S/c1-8(17-2)7-13-10-3-4-11(14(15)16)9(5-10)6-12/h3-5,8,13H,7H2,1-2H3. The summed E-state index contributed by atoms with van der Waals surface area (Å²) in [6.07, 6.45) is 2.02. The van der Waals surface area contributed by atoms with E-state index in [4.69, 9.17) is 5.26 Å². The number of rotatable bonds is 5. The number of thioether (sulfide) groups is 1. The lowest BCUT2D eigenvalue weighted by Crippen LogP contribution is -2.12. The lowest BCUT2D eigenvalue weighted by Gasteiger charge is -2.11. The molecular formula is C11H13N3O2S. The normalized spacial score (nSPS) is 11.6. The Bertz CT molecular complexity index is 457. The molecule has 0 saturated heterocycles. The minimum atomic E-state index is -0.549. The summed E-state index contributed by atoms with van der Waals surface area (Å²) in [6, 6.07) is 6.31. The molecule has 1 aromatic rings. The predicted molar refractivity (Wildman–Crippen MR) is 69.3 cm³/mol. The van der Waals surface area contributed by atoms with E-state index in [9.17, 15) is 10.1 Å². The molecule has 1 rings (SSSR count). The highest BCUT2D eigenvalue weighted by Gasteiger charge is 2.13. The Labute approximate surface area is 104 Å². The van der Waals surface area contributed by atoms with Crippen molar-refractivity contribution in [2.45, 2.75) is 12.2 Å². The number of benzene rings is 1. The van der Waals surface area contributed by atoms with E-state index in [-0.39, 0.29) is 11.3 Å². The van der Waals surface area contributed by atoms with Crippen LogP contribution in [0, 0.1) is 21.4 Å². The van der Waals surface area contributed by atoms with Gasteiger partial charge < -0.3 is 5.32 Å². The van der Waals surface area contributed by atoms with Crippen LogP contribution in [0.4, 0.5) is 11.4 Å². The second kappa shape index (κ2) is 6.11. The monoisotopic (exact) mass is 251 g/mol. The molecule has 1 N–H and O–H groups in total. The van der Waals surface area contributed by atoms with E-state index in [0.29, 0.717) is 5.25 Å². The van der Waals surface area contributed by atoms with Crippen molar-refractivity contribution in [2.24, 2.45) is 0 Å². The van der Waals surface area contributed by atoms with Crippen molar-refractivity contribution < 1.29 is 4.92 Å². The molecule has 0 radical (unpaired) electrons. The average molecular weight is 251 g/mol. The number of nitro benzene ring substituents is 1. The molecule has 1 atom stereocenters. The van der Waals surface area contributed by atoms with Crippen molar-refractivity contribution >= 4 is 23.1 Å². The fourth-order valence-electron chi connectivity index (χ4n) is 1.24. The molecule has 6 heteroatoms. The lowest BCUT2D eigenvalue weighted by molar-refractivity contribution is -0.385. The predicted octanol–water partition coefficient (Wildman–Crippen LogP) is 2.63. The van der Waals surface area contributed by atoms with Crippen LogP contribution in [0.15, 0.2) is 18.2 Å². The fourth-order valence-corrected chi connectivity index (χ4v) is 1.49. The zero-order chi connectivity index (χ0) is 12.8. The summed E-state index contributed by atoms with van der Waals surface area (Å²) in [5, 5.41) is 23.0. The zero-order valence-electron chi connectivity index (χ0n) is 9.64. The molecule has 0 saturated carbocycles.